The van der Waals surface area contributed by atoms with Gasteiger partial charge in [0, 0.05) is 5.56 Å². The Labute approximate surface area is 107 Å². The summed E-state index contributed by atoms with van der Waals surface area (Å²) in [5.74, 6) is 1.54. The van der Waals surface area contributed by atoms with Crippen molar-refractivity contribution >= 4 is 0 Å². The lowest BCUT2D eigenvalue weighted by Crippen LogP contribution is -2.44. The number of hydrogen-bond donors (Lipinski definition) is 1. The number of likely N-dealkylation sites (tertiary alicyclic amines) is 1. The number of methoxy groups -OCH3 is 1. The first kappa shape index (κ1) is 11.8. The van der Waals surface area contributed by atoms with Crippen LogP contribution in [-0.4, -0.2) is 42.9 Å². The maximum atomic E-state index is 10.5. The van der Waals surface area contributed by atoms with Crippen LogP contribution in [0.15, 0.2) is 18.2 Å². The van der Waals surface area contributed by atoms with Crippen LogP contribution in [0.4, 0.5) is 0 Å². The molecule has 0 radical (unpaired) electrons. The Morgan fingerprint density at radius 1 is 1.33 bits per heavy atom. The lowest BCUT2D eigenvalue weighted by Gasteiger charge is -2.36. The maximum absolute atomic E-state index is 10.5. The number of rotatable bonds is 2. The summed E-state index contributed by atoms with van der Waals surface area (Å²) in [7, 11) is 1.63. The van der Waals surface area contributed by atoms with E-state index in [1.807, 2.05) is 18.2 Å². The summed E-state index contributed by atoms with van der Waals surface area (Å²) in [6.45, 7) is 2.69. The van der Waals surface area contributed by atoms with Crippen LogP contribution in [0.2, 0.25) is 0 Å². The fraction of sp³-hybridized carbons (Fsp3) is 0.571. The van der Waals surface area contributed by atoms with Gasteiger partial charge in [-0.1, -0.05) is 0 Å². The van der Waals surface area contributed by atoms with E-state index < -0.39 is 6.10 Å². The highest BCUT2D eigenvalue weighted by Crippen LogP contribution is 2.37. The fourth-order valence-corrected chi connectivity index (χ4v) is 2.87. The van der Waals surface area contributed by atoms with Gasteiger partial charge < -0.3 is 14.6 Å². The lowest BCUT2D eigenvalue weighted by atomic mass is 9.98. The molecule has 1 N–H and O–H groups in total. The summed E-state index contributed by atoms with van der Waals surface area (Å²) in [4.78, 5) is 2.33. The molecule has 1 fully saturated rings. The van der Waals surface area contributed by atoms with Gasteiger partial charge in [-0.05, 0) is 44.1 Å². The molecule has 2 aliphatic heterocycles. The number of nitrogens with zero attached hydrogens (tertiary/aromatic N) is 1. The first-order valence-corrected chi connectivity index (χ1v) is 6.52. The molecule has 1 aromatic rings. The summed E-state index contributed by atoms with van der Waals surface area (Å²) in [6.07, 6.45) is 1.95. The van der Waals surface area contributed by atoms with E-state index in [0.717, 1.165) is 30.2 Å². The van der Waals surface area contributed by atoms with Crippen molar-refractivity contribution in [2.75, 3.05) is 26.8 Å². The molecule has 1 saturated heterocycles. The van der Waals surface area contributed by atoms with E-state index in [0.29, 0.717) is 6.61 Å². The van der Waals surface area contributed by atoms with Crippen LogP contribution in [0.5, 0.6) is 11.5 Å². The molecular weight excluding hydrogens is 230 g/mol. The Balaban J connectivity index is 1.87. The highest BCUT2D eigenvalue weighted by atomic mass is 16.5. The number of benzene rings is 1. The fourth-order valence-electron chi connectivity index (χ4n) is 2.87. The van der Waals surface area contributed by atoms with E-state index in [1.165, 1.54) is 12.8 Å². The van der Waals surface area contributed by atoms with Crippen molar-refractivity contribution in [2.45, 2.75) is 25.0 Å². The van der Waals surface area contributed by atoms with E-state index in [4.69, 9.17) is 9.47 Å². The van der Waals surface area contributed by atoms with Crippen LogP contribution in [0.1, 0.15) is 24.5 Å². The molecule has 0 saturated carbocycles. The molecule has 0 spiro atoms. The average molecular weight is 249 g/mol. The summed E-state index contributed by atoms with van der Waals surface area (Å²) < 4.78 is 11.0. The summed E-state index contributed by atoms with van der Waals surface area (Å²) in [6, 6.07) is 5.69. The largest absolute Gasteiger partial charge is 0.497 e. The molecule has 2 aliphatic rings. The predicted molar refractivity (Wildman–Crippen MR) is 68.0 cm³/mol. The van der Waals surface area contributed by atoms with E-state index in [9.17, 15) is 5.11 Å². The van der Waals surface area contributed by atoms with Gasteiger partial charge in [0.05, 0.1) is 13.2 Å². The Morgan fingerprint density at radius 3 is 2.83 bits per heavy atom. The molecule has 0 aromatic heterocycles. The van der Waals surface area contributed by atoms with Gasteiger partial charge in [0.2, 0.25) is 0 Å². The zero-order valence-electron chi connectivity index (χ0n) is 10.6. The summed E-state index contributed by atoms with van der Waals surface area (Å²) >= 11 is 0. The number of aliphatic hydroxyl groups excluding tert-OH is 1. The zero-order chi connectivity index (χ0) is 12.5. The van der Waals surface area contributed by atoms with Gasteiger partial charge in [-0.25, -0.2) is 0 Å². The second kappa shape index (κ2) is 4.78. The Morgan fingerprint density at radius 2 is 2.11 bits per heavy atom. The van der Waals surface area contributed by atoms with Crippen molar-refractivity contribution in [3.8, 4) is 11.5 Å². The van der Waals surface area contributed by atoms with Crippen LogP contribution < -0.4 is 9.47 Å². The molecule has 2 heterocycles. The third kappa shape index (κ3) is 1.95. The molecule has 98 valence electrons. The first-order valence-electron chi connectivity index (χ1n) is 6.52. The minimum atomic E-state index is -0.484. The number of aliphatic hydroxyl groups is 1. The van der Waals surface area contributed by atoms with Crippen LogP contribution in [-0.2, 0) is 0 Å². The van der Waals surface area contributed by atoms with Crippen LogP contribution in [0.3, 0.4) is 0 Å². The molecule has 1 aromatic carbocycles. The molecule has 4 nitrogen and oxygen atoms in total. The second-order valence-corrected chi connectivity index (χ2v) is 4.97. The molecule has 4 heteroatoms. The van der Waals surface area contributed by atoms with E-state index in [2.05, 4.69) is 4.90 Å². The normalized spacial score (nSPS) is 27.7. The highest BCUT2D eigenvalue weighted by Gasteiger charge is 2.35. The van der Waals surface area contributed by atoms with Crippen molar-refractivity contribution < 1.29 is 14.6 Å². The predicted octanol–water partition coefficient (Wildman–Crippen LogP) is 1.59. The average Bonchev–Trinajstić information content (AvgIpc) is 2.93. The number of ether oxygens (including phenoxy) is 2. The van der Waals surface area contributed by atoms with Gasteiger partial charge >= 0.3 is 0 Å². The van der Waals surface area contributed by atoms with Crippen molar-refractivity contribution in [1.29, 1.82) is 0 Å². The van der Waals surface area contributed by atoms with Gasteiger partial charge in [-0.2, -0.15) is 0 Å². The zero-order valence-corrected chi connectivity index (χ0v) is 10.6. The van der Waals surface area contributed by atoms with Gasteiger partial charge in [-0.15, -0.1) is 0 Å². The molecule has 3 rings (SSSR count). The van der Waals surface area contributed by atoms with E-state index in [-0.39, 0.29) is 6.04 Å². The minimum absolute atomic E-state index is 0.0760. The van der Waals surface area contributed by atoms with Gasteiger partial charge in [0.15, 0.2) is 0 Å². The SMILES string of the molecule is COc1ccc2c(c1)C(O)C(N1CCCC1)CO2. The monoisotopic (exact) mass is 249 g/mol. The number of hydrogen-bond acceptors (Lipinski definition) is 4. The van der Waals surface area contributed by atoms with Crippen LogP contribution in [0, 0.1) is 0 Å². The molecule has 0 amide bonds. The molecule has 0 bridgehead atoms. The van der Waals surface area contributed by atoms with Gasteiger partial charge in [0.25, 0.3) is 0 Å². The molecule has 2 atom stereocenters. The van der Waals surface area contributed by atoms with Crippen molar-refractivity contribution in [3.05, 3.63) is 23.8 Å². The van der Waals surface area contributed by atoms with Crippen LogP contribution in [0.25, 0.3) is 0 Å². The summed E-state index contributed by atoms with van der Waals surface area (Å²) in [5, 5.41) is 10.5. The summed E-state index contributed by atoms with van der Waals surface area (Å²) in [5.41, 5.74) is 0.845. The third-order valence-corrected chi connectivity index (χ3v) is 3.92. The van der Waals surface area contributed by atoms with Crippen molar-refractivity contribution in [2.24, 2.45) is 0 Å². The highest BCUT2D eigenvalue weighted by molar-refractivity contribution is 5.43. The molecule has 0 aliphatic carbocycles. The van der Waals surface area contributed by atoms with Crippen molar-refractivity contribution in [3.63, 3.8) is 0 Å². The smallest absolute Gasteiger partial charge is 0.125 e. The first-order chi connectivity index (χ1) is 8.79. The van der Waals surface area contributed by atoms with Gasteiger partial charge in [-0.3, -0.25) is 4.90 Å². The minimum Gasteiger partial charge on any atom is -0.497 e. The Kier molecular flexibility index (Phi) is 3.14. The third-order valence-electron chi connectivity index (χ3n) is 3.92. The van der Waals surface area contributed by atoms with Crippen LogP contribution >= 0.6 is 0 Å². The van der Waals surface area contributed by atoms with E-state index >= 15 is 0 Å². The lowest BCUT2D eigenvalue weighted by molar-refractivity contribution is 0.0138. The Bertz CT molecular complexity index is 429. The molecule has 18 heavy (non-hydrogen) atoms. The second-order valence-electron chi connectivity index (χ2n) is 4.97. The molecular formula is C14H19NO3. The molecule has 2 unspecified atom stereocenters. The van der Waals surface area contributed by atoms with Crippen molar-refractivity contribution in [1.82, 2.24) is 4.90 Å². The van der Waals surface area contributed by atoms with Gasteiger partial charge in [0.1, 0.15) is 24.2 Å². The standard InChI is InChI=1S/C14H19NO3/c1-17-10-4-5-13-11(8-10)14(16)12(9-18-13)15-6-2-3-7-15/h4-5,8,12,14,16H,2-3,6-7,9H2,1H3. The number of fused-ring (bicyclic) bond motifs is 1. The quantitative estimate of drug-likeness (QED) is 0.864. The Hall–Kier alpha value is -1.26. The maximum Gasteiger partial charge on any atom is 0.125 e. The topological polar surface area (TPSA) is 41.9 Å². The van der Waals surface area contributed by atoms with E-state index in [1.54, 1.807) is 7.11 Å².